The van der Waals surface area contributed by atoms with Crippen molar-refractivity contribution in [3.05, 3.63) is 69.5 Å². The van der Waals surface area contributed by atoms with Crippen molar-refractivity contribution in [1.82, 2.24) is 9.97 Å². The second-order valence-electron chi connectivity index (χ2n) is 6.11. The number of hydrogen-bond donors (Lipinski definition) is 2. The summed E-state index contributed by atoms with van der Waals surface area (Å²) in [6.07, 6.45) is 0. The molecule has 29 heavy (non-hydrogen) atoms. The lowest BCUT2D eigenvalue weighted by Crippen LogP contribution is -2.15. The maximum atomic E-state index is 12.8. The van der Waals surface area contributed by atoms with Crippen molar-refractivity contribution in [1.29, 1.82) is 0 Å². The van der Waals surface area contributed by atoms with Crippen molar-refractivity contribution in [3.63, 3.8) is 0 Å². The monoisotopic (exact) mass is 464 g/mol. The van der Waals surface area contributed by atoms with Crippen LogP contribution in [0.4, 0.5) is 17.3 Å². The van der Waals surface area contributed by atoms with Gasteiger partial charge in [0.15, 0.2) is 11.6 Å². The van der Waals surface area contributed by atoms with E-state index in [1.165, 1.54) is 12.1 Å². The summed E-state index contributed by atoms with van der Waals surface area (Å²) in [6.45, 7) is 1.86. The van der Waals surface area contributed by atoms with Gasteiger partial charge in [-0.05, 0) is 48.9 Å². The van der Waals surface area contributed by atoms with E-state index in [0.29, 0.717) is 26.1 Å². The molecule has 2 N–H and O–H groups in total. The minimum absolute atomic E-state index is 0.0765. The van der Waals surface area contributed by atoms with E-state index in [0.717, 1.165) is 16.9 Å². The summed E-state index contributed by atoms with van der Waals surface area (Å²) in [5.74, 6) is 0.341. The van der Waals surface area contributed by atoms with E-state index in [4.69, 9.17) is 23.2 Å². The summed E-state index contributed by atoms with van der Waals surface area (Å²) in [5.41, 5.74) is 2.68. The second kappa shape index (κ2) is 7.79. The van der Waals surface area contributed by atoms with Gasteiger partial charge in [0.1, 0.15) is 4.21 Å². The van der Waals surface area contributed by atoms with Crippen LogP contribution in [-0.4, -0.2) is 18.4 Å². The number of sulfonamides is 1. The smallest absolute Gasteiger partial charge is 0.272 e. The molecule has 0 unspecified atom stereocenters. The molecule has 0 fully saturated rings. The predicted molar refractivity (Wildman–Crippen MR) is 119 cm³/mol. The number of hydrogen-bond acceptors (Lipinski definition) is 6. The SMILES string of the molecule is Cc1c(Cl)cccc1Nc1nc2ccccc2nc1NS(=O)(=O)c1ccc(Cl)s1. The minimum Gasteiger partial charge on any atom is -0.337 e. The highest BCUT2D eigenvalue weighted by atomic mass is 35.5. The molecule has 2 aromatic heterocycles. The Bertz CT molecular complexity index is 1320. The molecule has 0 amide bonds. The number of thiophene rings is 1. The lowest BCUT2D eigenvalue weighted by molar-refractivity contribution is 0.603. The Morgan fingerprint density at radius 3 is 2.24 bits per heavy atom. The Kier molecular flexibility index (Phi) is 5.35. The van der Waals surface area contributed by atoms with E-state index < -0.39 is 10.0 Å². The average Bonchev–Trinajstić information content (AvgIpc) is 3.13. The van der Waals surface area contributed by atoms with Crippen LogP contribution in [0.25, 0.3) is 11.0 Å². The van der Waals surface area contributed by atoms with Crippen LogP contribution >= 0.6 is 34.5 Å². The van der Waals surface area contributed by atoms with Crippen LogP contribution in [-0.2, 0) is 10.0 Å². The first-order valence-electron chi connectivity index (χ1n) is 8.40. The Morgan fingerprint density at radius 1 is 0.897 bits per heavy atom. The van der Waals surface area contributed by atoms with Crippen LogP contribution in [0.15, 0.2) is 58.8 Å². The van der Waals surface area contributed by atoms with Crippen molar-refractivity contribution < 1.29 is 8.42 Å². The third kappa shape index (κ3) is 4.16. The number of rotatable bonds is 5. The van der Waals surface area contributed by atoms with Crippen LogP contribution in [0.1, 0.15) is 5.56 Å². The van der Waals surface area contributed by atoms with Gasteiger partial charge in [0.2, 0.25) is 0 Å². The third-order valence-electron chi connectivity index (χ3n) is 4.14. The van der Waals surface area contributed by atoms with Gasteiger partial charge in [-0.15, -0.1) is 11.3 Å². The highest BCUT2D eigenvalue weighted by Crippen LogP contribution is 2.32. The number of halogens is 2. The Labute approximate surface area is 181 Å². The van der Waals surface area contributed by atoms with Crippen LogP contribution in [0.3, 0.4) is 0 Å². The molecule has 2 aromatic carbocycles. The summed E-state index contributed by atoms with van der Waals surface area (Å²) in [4.78, 5) is 9.02. The molecule has 0 saturated carbocycles. The predicted octanol–water partition coefficient (Wildman–Crippen LogP) is 5.85. The van der Waals surface area contributed by atoms with Gasteiger partial charge in [0.25, 0.3) is 10.0 Å². The quantitative estimate of drug-likeness (QED) is 0.386. The zero-order valence-electron chi connectivity index (χ0n) is 15.0. The zero-order chi connectivity index (χ0) is 20.6. The molecule has 4 rings (SSSR count). The van der Waals surface area contributed by atoms with E-state index in [-0.39, 0.29) is 15.8 Å². The molecule has 6 nitrogen and oxygen atoms in total. The fourth-order valence-electron chi connectivity index (χ4n) is 2.65. The molecule has 0 bridgehead atoms. The number of nitrogens with zero attached hydrogens (tertiary/aromatic N) is 2. The molecule has 0 aliphatic heterocycles. The molecule has 4 aromatic rings. The summed E-state index contributed by atoms with van der Waals surface area (Å²) in [7, 11) is -3.88. The number of aromatic nitrogens is 2. The highest BCUT2D eigenvalue weighted by Gasteiger charge is 2.21. The molecule has 0 spiro atoms. The van der Waals surface area contributed by atoms with Gasteiger partial charge in [0, 0.05) is 10.7 Å². The van der Waals surface area contributed by atoms with E-state index in [1.54, 1.807) is 24.3 Å². The number of nitrogens with one attached hydrogen (secondary N) is 2. The molecule has 2 heterocycles. The van der Waals surface area contributed by atoms with Gasteiger partial charge >= 0.3 is 0 Å². The zero-order valence-corrected chi connectivity index (χ0v) is 18.1. The fourth-order valence-corrected chi connectivity index (χ4v) is 5.31. The van der Waals surface area contributed by atoms with Crippen LogP contribution in [0.5, 0.6) is 0 Å². The van der Waals surface area contributed by atoms with E-state index >= 15 is 0 Å². The summed E-state index contributed by atoms with van der Waals surface area (Å²) in [5, 5.41) is 3.73. The number of fused-ring (bicyclic) bond motifs is 1. The van der Waals surface area contributed by atoms with Gasteiger partial charge in [-0.25, -0.2) is 18.4 Å². The number of benzene rings is 2. The maximum Gasteiger partial charge on any atom is 0.272 e. The molecule has 0 radical (unpaired) electrons. The highest BCUT2D eigenvalue weighted by molar-refractivity contribution is 7.94. The summed E-state index contributed by atoms with van der Waals surface area (Å²) < 4.78 is 28.6. The normalized spacial score (nSPS) is 11.6. The fraction of sp³-hybridized carbons (Fsp3) is 0.0526. The topological polar surface area (TPSA) is 84.0 Å². The first-order chi connectivity index (χ1) is 13.8. The first kappa shape index (κ1) is 19.9. The first-order valence-corrected chi connectivity index (χ1v) is 11.5. The van der Waals surface area contributed by atoms with Crippen molar-refractivity contribution in [2.45, 2.75) is 11.1 Å². The van der Waals surface area contributed by atoms with Crippen molar-refractivity contribution in [3.8, 4) is 0 Å². The van der Waals surface area contributed by atoms with Gasteiger partial charge in [-0.2, -0.15) is 0 Å². The summed E-state index contributed by atoms with van der Waals surface area (Å²) in [6, 6.07) is 15.6. The number of para-hydroxylation sites is 2. The maximum absolute atomic E-state index is 12.8. The minimum atomic E-state index is -3.88. The Balaban J connectivity index is 1.81. The number of anilines is 3. The van der Waals surface area contributed by atoms with Gasteiger partial charge in [-0.3, -0.25) is 4.72 Å². The Hall–Kier alpha value is -2.39. The summed E-state index contributed by atoms with van der Waals surface area (Å²) >= 11 is 13.1. The van der Waals surface area contributed by atoms with Crippen molar-refractivity contribution >= 4 is 72.9 Å². The third-order valence-corrected chi connectivity index (χ3v) is 7.61. The van der Waals surface area contributed by atoms with Gasteiger partial charge in [0.05, 0.1) is 15.4 Å². The standard InChI is InChI=1S/C19H14Cl2N4O2S2/c1-11-12(20)5-4-8-13(11)22-18-19(24-15-7-3-2-6-14(15)23-18)25-29(26,27)17-10-9-16(21)28-17/h2-10H,1H3,(H,22,23)(H,24,25). The van der Waals surface area contributed by atoms with Crippen LogP contribution < -0.4 is 10.0 Å². The molecule has 10 heteroatoms. The molecule has 148 valence electrons. The molecular weight excluding hydrogens is 451 g/mol. The molecule has 0 saturated heterocycles. The van der Waals surface area contributed by atoms with Crippen molar-refractivity contribution in [2.24, 2.45) is 0 Å². The van der Waals surface area contributed by atoms with Crippen LogP contribution in [0, 0.1) is 6.92 Å². The van der Waals surface area contributed by atoms with Crippen molar-refractivity contribution in [2.75, 3.05) is 10.0 Å². The molecule has 0 aliphatic rings. The van der Waals surface area contributed by atoms with E-state index in [9.17, 15) is 8.42 Å². The lowest BCUT2D eigenvalue weighted by Gasteiger charge is -2.15. The lowest BCUT2D eigenvalue weighted by atomic mass is 10.2. The Morgan fingerprint density at radius 2 is 1.59 bits per heavy atom. The van der Waals surface area contributed by atoms with Gasteiger partial charge < -0.3 is 5.32 Å². The average molecular weight is 465 g/mol. The molecule has 0 atom stereocenters. The second-order valence-corrected chi connectivity index (χ2v) is 10.1. The van der Waals surface area contributed by atoms with Crippen LogP contribution in [0.2, 0.25) is 9.36 Å². The van der Waals surface area contributed by atoms with Gasteiger partial charge in [-0.1, -0.05) is 41.4 Å². The van der Waals surface area contributed by atoms with E-state index in [1.807, 2.05) is 25.1 Å². The molecule has 0 aliphatic carbocycles. The largest absolute Gasteiger partial charge is 0.337 e. The van der Waals surface area contributed by atoms with E-state index in [2.05, 4.69) is 20.0 Å². The molecular formula is C19H14Cl2N4O2S2.